The number of halogens is 2. The first-order chi connectivity index (χ1) is 12.5. The summed E-state index contributed by atoms with van der Waals surface area (Å²) in [6.07, 6.45) is -0.886. The van der Waals surface area contributed by atoms with E-state index in [9.17, 15) is 13.6 Å². The minimum Gasteiger partial charge on any atom is -0.342 e. The number of carbonyl (C=O) groups is 1. The van der Waals surface area contributed by atoms with E-state index < -0.39 is 24.2 Å². The second-order valence-electron chi connectivity index (χ2n) is 6.92. The number of hydrogen-bond donors (Lipinski definition) is 2. The number of benzene rings is 1. The number of nitrogens with zero attached hydrogens (tertiary/aromatic N) is 1. The Hall–Kier alpha value is -2.34. The van der Waals surface area contributed by atoms with Crippen molar-refractivity contribution in [1.82, 2.24) is 15.6 Å². The van der Waals surface area contributed by atoms with Crippen LogP contribution in [0.2, 0.25) is 0 Å². The molecule has 1 aromatic heterocycles. The van der Waals surface area contributed by atoms with Gasteiger partial charge in [0.2, 0.25) is 11.9 Å². The van der Waals surface area contributed by atoms with E-state index in [0.717, 1.165) is 5.56 Å². The van der Waals surface area contributed by atoms with Crippen molar-refractivity contribution in [2.45, 2.75) is 44.4 Å². The first kappa shape index (κ1) is 18.5. The Morgan fingerprint density at radius 2 is 1.96 bits per heavy atom. The minimum absolute atomic E-state index is 0.0190. The van der Waals surface area contributed by atoms with Crippen molar-refractivity contribution < 1.29 is 13.6 Å². The lowest BCUT2D eigenvalue weighted by molar-refractivity contribution is -0.123. The highest BCUT2D eigenvalue weighted by molar-refractivity contribution is 5.83. The van der Waals surface area contributed by atoms with Crippen LogP contribution in [-0.4, -0.2) is 29.6 Å². The Balaban J connectivity index is 1.89. The summed E-state index contributed by atoms with van der Waals surface area (Å²) in [5, 5.41) is 5.76. The lowest BCUT2D eigenvalue weighted by Gasteiger charge is -2.22. The molecule has 0 saturated carbocycles. The Labute approximate surface area is 152 Å². The van der Waals surface area contributed by atoms with Crippen LogP contribution in [0.4, 0.5) is 8.78 Å². The lowest BCUT2D eigenvalue weighted by Crippen LogP contribution is -2.42. The molecule has 2 N–H and O–H groups in total. The van der Waals surface area contributed by atoms with Gasteiger partial charge in [-0.1, -0.05) is 50.2 Å². The molecule has 1 aliphatic heterocycles. The van der Waals surface area contributed by atoms with Crippen LogP contribution in [0.25, 0.3) is 0 Å². The highest BCUT2D eigenvalue weighted by Crippen LogP contribution is 2.24. The van der Waals surface area contributed by atoms with Gasteiger partial charge < -0.3 is 10.6 Å². The molecule has 1 aliphatic rings. The Morgan fingerprint density at radius 1 is 1.23 bits per heavy atom. The average molecular weight is 359 g/mol. The summed E-state index contributed by atoms with van der Waals surface area (Å²) in [7, 11) is 0. The first-order valence-corrected chi connectivity index (χ1v) is 8.84. The molecule has 26 heavy (non-hydrogen) atoms. The van der Waals surface area contributed by atoms with E-state index >= 15 is 0 Å². The molecule has 4 nitrogen and oxygen atoms in total. The largest absolute Gasteiger partial charge is 0.342 e. The van der Waals surface area contributed by atoms with Crippen LogP contribution in [0.1, 0.15) is 49.0 Å². The second-order valence-corrected chi connectivity index (χ2v) is 6.92. The summed E-state index contributed by atoms with van der Waals surface area (Å²) in [4.78, 5) is 16.6. The maximum absolute atomic E-state index is 14.4. The normalized spacial score (nSPS) is 21.0. The molecule has 0 aliphatic carbocycles. The number of alkyl halides is 1. The molecule has 1 amide bonds. The van der Waals surface area contributed by atoms with E-state index in [2.05, 4.69) is 15.6 Å². The van der Waals surface area contributed by atoms with E-state index in [-0.39, 0.29) is 24.8 Å². The van der Waals surface area contributed by atoms with E-state index in [0.29, 0.717) is 11.3 Å². The van der Waals surface area contributed by atoms with Crippen molar-refractivity contribution in [3.05, 3.63) is 65.2 Å². The van der Waals surface area contributed by atoms with Crippen molar-refractivity contribution in [1.29, 1.82) is 0 Å². The van der Waals surface area contributed by atoms with Crippen LogP contribution in [0, 0.1) is 5.95 Å². The average Bonchev–Trinajstić information content (AvgIpc) is 3.06. The third-order valence-corrected chi connectivity index (χ3v) is 4.63. The van der Waals surface area contributed by atoms with E-state index in [1.165, 1.54) is 0 Å². The number of hydrogen-bond acceptors (Lipinski definition) is 3. The Morgan fingerprint density at radius 3 is 2.54 bits per heavy atom. The first-order valence-electron chi connectivity index (χ1n) is 8.84. The van der Waals surface area contributed by atoms with Crippen molar-refractivity contribution in [3.63, 3.8) is 0 Å². The maximum atomic E-state index is 14.4. The molecule has 1 aromatic carbocycles. The van der Waals surface area contributed by atoms with Gasteiger partial charge in [0.1, 0.15) is 6.17 Å². The molecule has 3 rings (SSSR count). The van der Waals surface area contributed by atoms with Crippen molar-refractivity contribution in [3.8, 4) is 0 Å². The highest BCUT2D eigenvalue weighted by Gasteiger charge is 2.31. The maximum Gasteiger partial charge on any atom is 0.238 e. The fraction of sp³-hybridized carbons (Fsp3) is 0.400. The van der Waals surface area contributed by atoms with Gasteiger partial charge in [-0.25, -0.2) is 9.37 Å². The van der Waals surface area contributed by atoms with Crippen LogP contribution < -0.4 is 10.6 Å². The molecule has 0 bridgehead atoms. The number of rotatable bonds is 5. The number of pyridine rings is 1. The summed E-state index contributed by atoms with van der Waals surface area (Å²) < 4.78 is 27.8. The topological polar surface area (TPSA) is 54.0 Å². The monoisotopic (exact) mass is 359 g/mol. The number of nitrogens with one attached hydrogen (secondary N) is 2. The Kier molecular flexibility index (Phi) is 5.61. The molecule has 2 unspecified atom stereocenters. The van der Waals surface area contributed by atoms with Crippen molar-refractivity contribution in [2.75, 3.05) is 6.54 Å². The molecule has 0 radical (unpaired) electrons. The van der Waals surface area contributed by atoms with Gasteiger partial charge in [-0.2, -0.15) is 4.39 Å². The van der Waals surface area contributed by atoms with Crippen LogP contribution in [0.5, 0.6) is 0 Å². The summed E-state index contributed by atoms with van der Waals surface area (Å²) in [6.45, 7) is 3.97. The molecule has 1 fully saturated rings. The standard InChI is InChI=1S/C20H23F2N3O/c1-12(2)15-8-9-16(24-19(15)22)18(13-6-4-3-5-7-13)25-20(26)17-10-14(21)11-23-17/h3-9,12,14,17-18,23H,10-11H2,1-2H3,(H,25,26)/t14?,17?,18-/m0/s1. The molecular formula is C20H23F2N3O. The van der Waals surface area contributed by atoms with Gasteiger partial charge >= 0.3 is 0 Å². The Bertz CT molecular complexity index is 767. The van der Waals surface area contributed by atoms with Gasteiger partial charge in [0.05, 0.1) is 17.8 Å². The van der Waals surface area contributed by atoms with Gasteiger partial charge in [-0.05, 0) is 17.5 Å². The third kappa shape index (κ3) is 4.07. The van der Waals surface area contributed by atoms with Gasteiger partial charge in [0, 0.05) is 18.5 Å². The van der Waals surface area contributed by atoms with Gasteiger partial charge in [-0.3, -0.25) is 4.79 Å². The fourth-order valence-corrected chi connectivity index (χ4v) is 3.16. The predicted molar refractivity (Wildman–Crippen MR) is 96.0 cm³/mol. The third-order valence-electron chi connectivity index (χ3n) is 4.63. The number of carbonyl (C=O) groups excluding carboxylic acids is 1. The van der Waals surface area contributed by atoms with Crippen LogP contribution in [0.15, 0.2) is 42.5 Å². The van der Waals surface area contributed by atoms with E-state index in [1.54, 1.807) is 12.1 Å². The van der Waals surface area contributed by atoms with E-state index in [4.69, 9.17) is 0 Å². The zero-order chi connectivity index (χ0) is 18.7. The quantitative estimate of drug-likeness (QED) is 0.806. The SMILES string of the molecule is CC(C)c1ccc([C@@H](NC(=O)C2CC(F)CN2)c2ccccc2)nc1F. The lowest BCUT2D eigenvalue weighted by atomic mass is 9.99. The molecule has 1 saturated heterocycles. The predicted octanol–water partition coefficient (Wildman–Crippen LogP) is 3.25. The fourth-order valence-electron chi connectivity index (χ4n) is 3.16. The van der Waals surface area contributed by atoms with Crippen LogP contribution in [-0.2, 0) is 4.79 Å². The second kappa shape index (κ2) is 7.91. The smallest absolute Gasteiger partial charge is 0.238 e. The molecule has 2 heterocycles. The van der Waals surface area contributed by atoms with Crippen LogP contribution in [0.3, 0.4) is 0 Å². The number of amides is 1. The van der Waals surface area contributed by atoms with E-state index in [1.807, 2.05) is 44.2 Å². The molecular weight excluding hydrogens is 336 g/mol. The molecule has 0 spiro atoms. The zero-order valence-electron chi connectivity index (χ0n) is 14.9. The summed E-state index contributed by atoms with van der Waals surface area (Å²) in [5.41, 5.74) is 1.74. The zero-order valence-corrected chi connectivity index (χ0v) is 14.9. The molecule has 6 heteroatoms. The summed E-state index contributed by atoms with van der Waals surface area (Å²) >= 11 is 0. The van der Waals surface area contributed by atoms with Crippen molar-refractivity contribution in [2.24, 2.45) is 0 Å². The number of aromatic nitrogens is 1. The summed E-state index contributed by atoms with van der Waals surface area (Å²) in [6, 6.07) is 11.5. The summed E-state index contributed by atoms with van der Waals surface area (Å²) in [5.74, 6) is -0.824. The van der Waals surface area contributed by atoms with Crippen molar-refractivity contribution >= 4 is 5.91 Å². The van der Waals surface area contributed by atoms with Gasteiger partial charge in [0.15, 0.2) is 0 Å². The molecule has 3 atom stereocenters. The van der Waals surface area contributed by atoms with Crippen LogP contribution >= 0.6 is 0 Å². The van der Waals surface area contributed by atoms with Gasteiger partial charge in [0.25, 0.3) is 0 Å². The molecule has 138 valence electrons. The highest BCUT2D eigenvalue weighted by atomic mass is 19.1. The van der Waals surface area contributed by atoms with Gasteiger partial charge in [-0.15, -0.1) is 0 Å². The molecule has 2 aromatic rings. The minimum atomic E-state index is -1.03.